The molecule has 0 amide bonds. The third kappa shape index (κ3) is 37.1. The SMILES string of the molecule is CCCCC/C=C\C/C=C\CCCCCCCCCCCC(=O)O[C@@H](CO)COC(=O)CCCCCCCCCCCCCCCC. The molecule has 0 aromatic heterocycles. The molecule has 0 saturated carbocycles. The number of rotatable bonds is 37. The van der Waals surface area contributed by atoms with Gasteiger partial charge in [-0.25, -0.2) is 0 Å². The van der Waals surface area contributed by atoms with Crippen LogP contribution in [0.4, 0.5) is 0 Å². The molecule has 0 aliphatic rings. The number of aliphatic hydroxyl groups excluding tert-OH is 1. The van der Waals surface area contributed by atoms with Gasteiger partial charge in [-0.2, -0.15) is 0 Å². The third-order valence-corrected chi connectivity index (χ3v) is 9.00. The molecule has 5 heteroatoms. The fourth-order valence-electron chi connectivity index (χ4n) is 5.88. The molecule has 0 heterocycles. The smallest absolute Gasteiger partial charge is 0.306 e. The molecule has 0 aromatic carbocycles. The molecule has 0 spiro atoms. The van der Waals surface area contributed by atoms with Gasteiger partial charge in [0.05, 0.1) is 6.61 Å². The van der Waals surface area contributed by atoms with Crippen LogP contribution in [0.5, 0.6) is 0 Å². The molecule has 0 fully saturated rings. The molecule has 1 atom stereocenters. The summed E-state index contributed by atoms with van der Waals surface area (Å²) < 4.78 is 10.6. The van der Waals surface area contributed by atoms with Crippen molar-refractivity contribution in [3.05, 3.63) is 24.3 Å². The Morgan fingerprint density at radius 1 is 0.489 bits per heavy atom. The van der Waals surface area contributed by atoms with Crippen LogP contribution in [0.15, 0.2) is 24.3 Å². The highest BCUT2D eigenvalue weighted by Crippen LogP contribution is 2.15. The van der Waals surface area contributed by atoms with E-state index in [9.17, 15) is 14.7 Å². The lowest BCUT2D eigenvalue weighted by atomic mass is 10.0. The minimum atomic E-state index is -0.768. The first kappa shape index (κ1) is 45.4. The van der Waals surface area contributed by atoms with Gasteiger partial charge in [0, 0.05) is 12.8 Å². The highest BCUT2D eigenvalue weighted by Gasteiger charge is 2.16. The number of ether oxygens (including phenoxy) is 2. The Morgan fingerprint density at radius 2 is 0.851 bits per heavy atom. The standard InChI is InChI=1S/C42H78O5/c1-3-5-7-9-11-13-15-17-19-20-21-22-23-25-27-29-31-33-35-37-42(45)47-40(38-43)39-46-41(44)36-34-32-30-28-26-24-18-16-14-12-10-8-6-4-2/h11,13,17,19,40,43H,3-10,12,14-16,18,20-39H2,1-2H3/b13-11-,19-17-/t40-/m0/s1. The summed E-state index contributed by atoms with van der Waals surface area (Å²) in [6.07, 6.45) is 45.2. The van der Waals surface area contributed by atoms with E-state index in [1.807, 2.05) is 0 Å². The van der Waals surface area contributed by atoms with Crippen molar-refractivity contribution in [1.82, 2.24) is 0 Å². The summed E-state index contributed by atoms with van der Waals surface area (Å²) in [7, 11) is 0. The van der Waals surface area contributed by atoms with Crippen molar-refractivity contribution >= 4 is 11.9 Å². The van der Waals surface area contributed by atoms with Gasteiger partial charge in [-0.3, -0.25) is 9.59 Å². The number of hydrogen-bond donors (Lipinski definition) is 1. The Hall–Kier alpha value is -1.62. The molecular formula is C42H78O5. The first-order chi connectivity index (χ1) is 23.1. The molecule has 5 nitrogen and oxygen atoms in total. The van der Waals surface area contributed by atoms with Crippen LogP contribution in [0.25, 0.3) is 0 Å². The summed E-state index contributed by atoms with van der Waals surface area (Å²) in [6.45, 7) is 4.12. The van der Waals surface area contributed by atoms with E-state index in [1.54, 1.807) is 0 Å². The molecule has 0 rings (SSSR count). The first-order valence-corrected chi connectivity index (χ1v) is 20.4. The van der Waals surface area contributed by atoms with Gasteiger partial charge in [-0.1, -0.05) is 179 Å². The third-order valence-electron chi connectivity index (χ3n) is 9.00. The lowest BCUT2D eigenvalue weighted by Gasteiger charge is -2.15. The molecule has 47 heavy (non-hydrogen) atoms. The maximum absolute atomic E-state index is 12.2. The highest BCUT2D eigenvalue weighted by atomic mass is 16.6. The number of esters is 2. The predicted octanol–water partition coefficient (Wildman–Crippen LogP) is 12.7. The minimum Gasteiger partial charge on any atom is -0.462 e. The molecule has 276 valence electrons. The Morgan fingerprint density at radius 3 is 1.30 bits per heavy atom. The molecule has 0 aliphatic carbocycles. The zero-order valence-corrected chi connectivity index (χ0v) is 31.3. The van der Waals surface area contributed by atoms with Crippen molar-refractivity contribution in [3.63, 3.8) is 0 Å². The number of aliphatic hydroxyl groups is 1. The normalized spacial score (nSPS) is 12.3. The van der Waals surface area contributed by atoms with Gasteiger partial charge in [0.25, 0.3) is 0 Å². The lowest BCUT2D eigenvalue weighted by Crippen LogP contribution is -2.28. The van der Waals surface area contributed by atoms with Gasteiger partial charge in [0.1, 0.15) is 6.61 Å². The summed E-state index contributed by atoms with van der Waals surface area (Å²) in [5.41, 5.74) is 0. The van der Waals surface area contributed by atoms with Gasteiger partial charge >= 0.3 is 11.9 Å². The van der Waals surface area contributed by atoms with Gasteiger partial charge in [0.2, 0.25) is 0 Å². The number of carbonyl (C=O) groups excluding carboxylic acids is 2. The van der Waals surface area contributed by atoms with Crippen molar-refractivity contribution in [3.8, 4) is 0 Å². The second-order valence-electron chi connectivity index (χ2n) is 13.7. The Balaban J connectivity index is 3.52. The molecule has 0 bridgehead atoms. The summed E-state index contributed by atoms with van der Waals surface area (Å²) in [5.74, 6) is -0.587. The fraction of sp³-hybridized carbons (Fsp3) is 0.857. The second kappa shape index (κ2) is 38.8. The van der Waals surface area contributed by atoms with E-state index in [0.29, 0.717) is 12.8 Å². The van der Waals surface area contributed by atoms with Crippen molar-refractivity contribution in [2.45, 2.75) is 219 Å². The van der Waals surface area contributed by atoms with Crippen molar-refractivity contribution in [2.75, 3.05) is 13.2 Å². The molecule has 0 aromatic rings. The summed E-state index contributed by atoms with van der Waals surface area (Å²) in [6, 6.07) is 0. The first-order valence-electron chi connectivity index (χ1n) is 20.4. The lowest BCUT2D eigenvalue weighted by molar-refractivity contribution is -0.161. The van der Waals surface area contributed by atoms with Crippen LogP contribution in [-0.4, -0.2) is 36.4 Å². The largest absolute Gasteiger partial charge is 0.462 e. The van der Waals surface area contributed by atoms with Gasteiger partial charge in [-0.15, -0.1) is 0 Å². The van der Waals surface area contributed by atoms with E-state index in [1.165, 1.54) is 141 Å². The second-order valence-corrected chi connectivity index (χ2v) is 13.7. The minimum absolute atomic E-state index is 0.0630. The highest BCUT2D eigenvalue weighted by molar-refractivity contribution is 5.70. The van der Waals surface area contributed by atoms with Crippen LogP contribution in [0.1, 0.15) is 213 Å². The zero-order chi connectivity index (χ0) is 34.3. The topological polar surface area (TPSA) is 72.8 Å². The van der Waals surface area contributed by atoms with E-state index in [2.05, 4.69) is 38.2 Å². The average molecular weight is 663 g/mol. The van der Waals surface area contributed by atoms with Crippen molar-refractivity contribution in [1.29, 1.82) is 0 Å². The monoisotopic (exact) mass is 663 g/mol. The molecule has 0 saturated heterocycles. The Bertz CT molecular complexity index is 716. The maximum atomic E-state index is 12.2. The quantitative estimate of drug-likeness (QED) is 0.0407. The van der Waals surface area contributed by atoms with E-state index in [4.69, 9.17) is 9.47 Å². The van der Waals surface area contributed by atoms with E-state index >= 15 is 0 Å². The van der Waals surface area contributed by atoms with Crippen molar-refractivity contribution < 1.29 is 24.2 Å². The van der Waals surface area contributed by atoms with Crippen LogP contribution in [0.3, 0.4) is 0 Å². The van der Waals surface area contributed by atoms with Crippen LogP contribution in [0.2, 0.25) is 0 Å². The number of hydrogen-bond acceptors (Lipinski definition) is 5. The summed E-state index contributed by atoms with van der Waals surface area (Å²) >= 11 is 0. The molecule has 1 N–H and O–H groups in total. The molecule has 0 unspecified atom stereocenters. The van der Waals surface area contributed by atoms with E-state index in [0.717, 1.165) is 44.9 Å². The number of unbranched alkanes of at least 4 members (excludes halogenated alkanes) is 25. The number of allylic oxidation sites excluding steroid dienone is 4. The summed E-state index contributed by atoms with van der Waals surface area (Å²) in [4.78, 5) is 24.3. The maximum Gasteiger partial charge on any atom is 0.306 e. The molecule has 0 radical (unpaired) electrons. The summed E-state index contributed by atoms with van der Waals surface area (Å²) in [5, 5.41) is 9.56. The zero-order valence-electron chi connectivity index (χ0n) is 31.3. The average Bonchev–Trinajstić information content (AvgIpc) is 3.07. The molecular weight excluding hydrogens is 584 g/mol. The van der Waals surface area contributed by atoms with Crippen molar-refractivity contribution in [2.24, 2.45) is 0 Å². The van der Waals surface area contributed by atoms with Gasteiger partial charge in [0.15, 0.2) is 6.10 Å². The Labute approximate surface area is 292 Å². The predicted molar refractivity (Wildman–Crippen MR) is 201 cm³/mol. The van der Waals surface area contributed by atoms with Crippen LogP contribution in [-0.2, 0) is 19.1 Å². The van der Waals surface area contributed by atoms with Gasteiger partial charge in [-0.05, 0) is 44.9 Å². The van der Waals surface area contributed by atoms with Gasteiger partial charge < -0.3 is 14.6 Å². The fourth-order valence-corrected chi connectivity index (χ4v) is 5.88. The van der Waals surface area contributed by atoms with Crippen LogP contribution >= 0.6 is 0 Å². The molecule has 0 aliphatic heterocycles. The van der Waals surface area contributed by atoms with E-state index in [-0.39, 0.29) is 25.2 Å². The Kier molecular flexibility index (Phi) is 37.5. The van der Waals surface area contributed by atoms with Crippen LogP contribution < -0.4 is 0 Å². The van der Waals surface area contributed by atoms with Crippen LogP contribution in [0, 0.1) is 0 Å². The number of carbonyl (C=O) groups is 2. The van der Waals surface area contributed by atoms with E-state index < -0.39 is 6.10 Å².